The summed E-state index contributed by atoms with van der Waals surface area (Å²) >= 11 is 5.12. The standard InChI is InChI=1S/C15H12F3N3O3S/c1-14(15(16,17)18)8-11(13(25)20-6-2-5-19)10-7-9(21(22)23)3-4-12(10)24-14/h3-4,7-8H,2,6H2,1H3,(H,20,25). The molecule has 1 heterocycles. The lowest BCUT2D eigenvalue weighted by Crippen LogP contribution is -2.48. The predicted molar refractivity (Wildman–Crippen MR) is 87.0 cm³/mol. The van der Waals surface area contributed by atoms with Crippen LogP contribution in [-0.4, -0.2) is 28.2 Å². The number of alkyl halides is 3. The average Bonchev–Trinajstić information content (AvgIpc) is 2.52. The highest BCUT2D eigenvalue weighted by atomic mass is 32.1. The maximum Gasteiger partial charge on any atom is 0.431 e. The Balaban J connectivity index is 2.54. The third-order valence-electron chi connectivity index (χ3n) is 3.54. The fourth-order valence-electron chi connectivity index (χ4n) is 2.20. The molecule has 0 radical (unpaired) electrons. The Morgan fingerprint density at radius 3 is 2.76 bits per heavy atom. The molecule has 0 saturated heterocycles. The van der Waals surface area contributed by atoms with E-state index in [9.17, 15) is 23.3 Å². The molecule has 1 N–H and O–H groups in total. The summed E-state index contributed by atoms with van der Waals surface area (Å²) < 4.78 is 45.2. The van der Waals surface area contributed by atoms with E-state index in [1.165, 1.54) is 0 Å². The largest absolute Gasteiger partial charge is 0.473 e. The van der Waals surface area contributed by atoms with Gasteiger partial charge in [-0.2, -0.15) is 18.4 Å². The van der Waals surface area contributed by atoms with E-state index in [2.05, 4.69) is 5.32 Å². The quantitative estimate of drug-likeness (QED) is 0.377. The van der Waals surface area contributed by atoms with Crippen LogP contribution in [0.5, 0.6) is 5.75 Å². The Morgan fingerprint density at radius 2 is 2.20 bits per heavy atom. The van der Waals surface area contributed by atoms with Crippen LogP contribution in [0.4, 0.5) is 18.9 Å². The van der Waals surface area contributed by atoms with Crippen molar-refractivity contribution < 1.29 is 22.8 Å². The van der Waals surface area contributed by atoms with Gasteiger partial charge in [-0.1, -0.05) is 12.2 Å². The molecule has 0 aliphatic carbocycles. The van der Waals surface area contributed by atoms with Crippen LogP contribution in [0.15, 0.2) is 24.3 Å². The summed E-state index contributed by atoms with van der Waals surface area (Å²) in [5.74, 6) is -0.160. The number of non-ortho nitro benzene ring substituents is 1. The highest BCUT2D eigenvalue weighted by molar-refractivity contribution is 7.81. The van der Waals surface area contributed by atoms with Crippen molar-refractivity contribution in [3.63, 3.8) is 0 Å². The number of nitriles is 1. The number of hydrogen-bond donors (Lipinski definition) is 1. The third-order valence-corrected chi connectivity index (χ3v) is 3.90. The molecule has 10 heteroatoms. The monoisotopic (exact) mass is 371 g/mol. The lowest BCUT2D eigenvalue weighted by atomic mass is 9.92. The number of benzene rings is 1. The molecule has 1 aromatic rings. The fraction of sp³-hybridized carbons (Fsp3) is 0.333. The Labute approximate surface area is 146 Å². The van der Waals surface area contributed by atoms with Crippen LogP contribution in [0.1, 0.15) is 18.9 Å². The van der Waals surface area contributed by atoms with Crippen molar-refractivity contribution in [1.29, 1.82) is 5.26 Å². The van der Waals surface area contributed by atoms with Crippen LogP contribution < -0.4 is 10.1 Å². The van der Waals surface area contributed by atoms with Crippen molar-refractivity contribution in [1.82, 2.24) is 5.32 Å². The maximum absolute atomic E-state index is 13.4. The first-order chi connectivity index (χ1) is 11.6. The summed E-state index contributed by atoms with van der Waals surface area (Å²) in [7, 11) is 0. The Hall–Kier alpha value is -2.67. The zero-order chi connectivity index (χ0) is 18.8. The molecule has 0 spiro atoms. The summed E-state index contributed by atoms with van der Waals surface area (Å²) in [5, 5.41) is 22.2. The number of nitrogens with zero attached hydrogens (tertiary/aromatic N) is 2. The van der Waals surface area contributed by atoms with Gasteiger partial charge in [0.25, 0.3) is 5.69 Å². The van der Waals surface area contributed by atoms with Crippen LogP contribution >= 0.6 is 12.2 Å². The zero-order valence-electron chi connectivity index (χ0n) is 12.9. The Kier molecular flexibility index (Phi) is 4.99. The van der Waals surface area contributed by atoms with Crippen molar-refractivity contribution in [3.8, 4) is 11.8 Å². The lowest BCUT2D eigenvalue weighted by molar-refractivity contribution is -0.384. The summed E-state index contributed by atoms with van der Waals surface area (Å²) in [6, 6.07) is 5.15. The van der Waals surface area contributed by atoms with E-state index in [1.54, 1.807) is 0 Å². The SMILES string of the molecule is CC1(C(F)(F)F)C=C(C(=S)NCCC#N)c2cc([N+](=O)[O-])ccc2O1. The normalized spacial score (nSPS) is 19.1. The van der Waals surface area contributed by atoms with Crippen LogP contribution in [-0.2, 0) is 0 Å². The first kappa shape index (κ1) is 18.7. The molecular formula is C15H12F3N3O3S. The third kappa shape index (κ3) is 3.71. The van der Waals surface area contributed by atoms with Gasteiger partial charge in [-0.25, -0.2) is 0 Å². The Morgan fingerprint density at radius 1 is 1.52 bits per heavy atom. The summed E-state index contributed by atoms with van der Waals surface area (Å²) in [4.78, 5) is 10.2. The van der Waals surface area contributed by atoms with Crippen LogP contribution in [0.3, 0.4) is 0 Å². The molecule has 6 nitrogen and oxygen atoms in total. The van der Waals surface area contributed by atoms with E-state index >= 15 is 0 Å². The molecular weight excluding hydrogens is 359 g/mol. The van der Waals surface area contributed by atoms with Gasteiger partial charge in [0, 0.05) is 29.8 Å². The second-order valence-electron chi connectivity index (χ2n) is 5.37. The highest BCUT2D eigenvalue weighted by Gasteiger charge is 2.54. The van der Waals surface area contributed by atoms with Crippen molar-refractivity contribution in [3.05, 3.63) is 40.0 Å². The number of thiocarbonyl (C=S) groups is 1. The second kappa shape index (κ2) is 6.68. The summed E-state index contributed by atoms with van der Waals surface area (Å²) in [5.41, 5.74) is -2.88. The van der Waals surface area contributed by atoms with E-state index in [-0.39, 0.29) is 40.5 Å². The highest BCUT2D eigenvalue weighted by Crippen LogP contribution is 2.44. The van der Waals surface area contributed by atoms with Gasteiger partial charge in [0.15, 0.2) is 0 Å². The fourth-order valence-corrected chi connectivity index (χ4v) is 2.47. The van der Waals surface area contributed by atoms with Gasteiger partial charge >= 0.3 is 6.18 Å². The van der Waals surface area contributed by atoms with Crippen molar-refractivity contribution >= 4 is 28.5 Å². The van der Waals surface area contributed by atoms with Crippen molar-refractivity contribution in [2.75, 3.05) is 6.54 Å². The topological polar surface area (TPSA) is 88.2 Å². The average molecular weight is 371 g/mol. The molecule has 1 aromatic carbocycles. The minimum Gasteiger partial charge on any atom is -0.473 e. The first-order valence-electron chi connectivity index (χ1n) is 7.01. The van der Waals surface area contributed by atoms with Gasteiger partial charge in [0.05, 0.1) is 17.4 Å². The van der Waals surface area contributed by atoms with Gasteiger partial charge in [-0.05, 0) is 19.1 Å². The van der Waals surface area contributed by atoms with Crippen LogP contribution in [0, 0.1) is 21.4 Å². The minimum absolute atomic E-state index is 0.0299. The zero-order valence-corrected chi connectivity index (χ0v) is 13.7. The van der Waals surface area contributed by atoms with E-state index in [0.717, 1.165) is 31.2 Å². The van der Waals surface area contributed by atoms with Gasteiger partial charge in [-0.3, -0.25) is 10.1 Å². The predicted octanol–water partition coefficient (Wildman–Crippen LogP) is 3.52. The number of hydrogen-bond acceptors (Lipinski definition) is 5. The molecule has 2 rings (SSSR count). The molecule has 132 valence electrons. The number of fused-ring (bicyclic) bond motifs is 1. The van der Waals surface area contributed by atoms with Crippen molar-refractivity contribution in [2.45, 2.75) is 25.1 Å². The van der Waals surface area contributed by atoms with Crippen molar-refractivity contribution in [2.24, 2.45) is 0 Å². The van der Waals surface area contributed by atoms with Crippen LogP contribution in [0.2, 0.25) is 0 Å². The number of halogens is 3. The molecule has 1 unspecified atom stereocenters. The molecule has 0 bridgehead atoms. The Bertz CT molecular complexity index is 801. The summed E-state index contributed by atoms with van der Waals surface area (Å²) in [6.07, 6.45) is -3.83. The van der Waals surface area contributed by atoms with E-state index < -0.39 is 16.7 Å². The second-order valence-corrected chi connectivity index (χ2v) is 5.77. The first-order valence-corrected chi connectivity index (χ1v) is 7.42. The van der Waals surface area contributed by atoms with Gasteiger partial charge < -0.3 is 10.1 Å². The number of nitrogens with one attached hydrogen (secondary N) is 1. The molecule has 1 aliphatic heterocycles. The molecule has 1 atom stereocenters. The van der Waals surface area contributed by atoms with E-state index in [0.29, 0.717) is 0 Å². The maximum atomic E-state index is 13.4. The number of nitro benzene ring substituents is 1. The lowest BCUT2D eigenvalue weighted by Gasteiger charge is -2.35. The summed E-state index contributed by atoms with van der Waals surface area (Å²) in [6.45, 7) is 0.982. The van der Waals surface area contributed by atoms with Gasteiger partial charge in [-0.15, -0.1) is 0 Å². The molecule has 0 aromatic heterocycles. The molecule has 0 amide bonds. The van der Waals surface area contributed by atoms with Gasteiger partial charge in [0.2, 0.25) is 5.60 Å². The molecule has 25 heavy (non-hydrogen) atoms. The molecule has 0 saturated carbocycles. The minimum atomic E-state index is -4.72. The van der Waals surface area contributed by atoms with Gasteiger partial charge in [0.1, 0.15) is 10.7 Å². The van der Waals surface area contributed by atoms with E-state index in [1.807, 2.05) is 6.07 Å². The smallest absolute Gasteiger partial charge is 0.431 e. The molecule has 0 fully saturated rings. The van der Waals surface area contributed by atoms with E-state index in [4.69, 9.17) is 22.2 Å². The molecule has 1 aliphatic rings. The number of ether oxygens (including phenoxy) is 1. The number of rotatable bonds is 4. The number of nitro groups is 1. The van der Waals surface area contributed by atoms with Crippen LogP contribution in [0.25, 0.3) is 5.57 Å².